The van der Waals surface area contributed by atoms with E-state index >= 15 is 0 Å². The van der Waals surface area contributed by atoms with Crippen molar-refractivity contribution < 1.29 is 42.2 Å². The molecule has 0 radical (unpaired) electrons. The van der Waals surface area contributed by atoms with Gasteiger partial charge in [0.2, 0.25) is 0 Å². The summed E-state index contributed by atoms with van der Waals surface area (Å²) in [5.74, 6) is -2.40. The van der Waals surface area contributed by atoms with Crippen LogP contribution < -0.4 is 20.8 Å². The molecule has 0 bridgehead atoms. The summed E-state index contributed by atoms with van der Waals surface area (Å²) in [4.78, 5) is 20.9. The maximum atomic E-state index is 10.5. The van der Waals surface area contributed by atoms with Crippen molar-refractivity contribution in [2.75, 3.05) is 24.6 Å². The van der Waals surface area contributed by atoms with Crippen LogP contribution in [0.5, 0.6) is 0 Å². The van der Waals surface area contributed by atoms with E-state index in [1.54, 1.807) is 0 Å². The Bertz CT molecular complexity index is 236. The average molecular weight is 379 g/mol. The molecule has 0 heterocycles. The molecule has 104 valence electrons. The number of thiol groups is 1. The summed E-state index contributed by atoms with van der Waals surface area (Å²) < 4.78 is 8.22. The van der Waals surface area contributed by atoms with Crippen molar-refractivity contribution in [3.05, 3.63) is 0 Å². The third-order valence-electron chi connectivity index (χ3n) is 1.82. The third-order valence-corrected chi connectivity index (χ3v) is 2.52. The summed E-state index contributed by atoms with van der Waals surface area (Å²) in [5, 5.41) is 26.2. The van der Waals surface area contributed by atoms with E-state index in [-0.39, 0.29) is 24.6 Å². The molecule has 0 aliphatic heterocycles. The van der Waals surface area contributed by atoms with Gasteiger partial charge in [-0.1, -0.05) is 0 Å². The normalized spacial score (nSPS) is 12.9. The average Bonchev–Trinajstić information content (AvgIpc) is 2.35. The maximum absolute atomic E-state index is 10.5. The summed E-state index contributed by atoms with van der Waals surface area (Å²) in [5.41, 5.74) is 0. The zero-order valence-corrected chi connectivity index (χ0v) is 12.8. The first-order valence-corrected chi connectivity index (χ1v) is 6.72. The Morgan fingerprint density at radius 3 is 1.78 bits per heavy atom. The molecule has 0 spiro atoms. The summed E-state index contributed by atoms with van der Waals surface area (Å²) in [6.07, 6.45) is 0. The molecule has 0 aromatic rings. The zero-order chi connectivity index (χ0) is 14.6. The van der Waals surface area contributed by atoms with Crippen molar-refractivity contribution in [1.82, 2.24) is 10.6 Å². The topological polar surface area (TPSA) is 121 Å². The second-order valence-corrected chi connectivity index (χ2v) is 3.70. The number of carbonyl (C=O) groups is 2. The fourth-order valence-electron chi connectivity index (χ4n) is 0.926. The van der Waals surface area contributed by atoms with Crippen molar-refractivity contribution in [2.45, 2.75) is 12.1 Å². The van der Waals surface area contributed by atoms with E-state index in [1.807, 2.05) is 0 Å². The minimum absolute atomic E-state index is 0.00117. The number of carboxylic acids is 2. The van der Waals surface area contributed by atoms with Crippen LogP contribution >= 0.6 is 12.6 Å². The van der Waals surface area contributed by atoms with Gasteiger partial charge in [-0.05, 0) is 0 Å². The van der Waals surface area contributed by atoms with Crippen LogP contribution in [0.1, 0.15) is 0 Å². The number of aliphatic carboxylic acids is 2. The molecular weight excluding hydrogens is 366 g/mol. The molecule has 0 unspecified atom stereocenters. The molecule has 0 amide bonds. The van der Waals surface area contributed by atoms with Crippen LogP contribution in [0.4, 0.5) is 0 Å². The van der Waals surface area contributed by atoms with E-state index in [0.717, 1.165) is 18.9 Å². The number of hydrogen-bond donors (Lipinski definition) is 3. The van der Waals surface area contributed by atoms with Crippen molar-refractivity contribution >= 4 is 37.2 Å². The van der Waals surface area contributed by atoms with Gasteiger partial charge in [0.25, 0.3) is 0 Å². The third kappa shape index (κ3) is 9.98. The fraction of sp³-hybridized carbons (Fsp3) is 0.750. The quantitative estimate of drug-likeness (QED) is 0.209. The van der Waals surface area contributed by atoms with E-state index < -0.39 is 24.0 Å². The first kappa shape index (κ1) is 20.3. The Morgan fingerprint density at radius 1 is 1.11 bits per heavy atom. The monoisotopic (exact) mass is 378 g/mol. The van der Waals surface area contributed by atoms with Gasteiger partial charge in [0.1, 0.15) is 0 Å². The van der Waals surface area contributed by atoms with E-state index in [4.69, 9.17) is 3.50 Å². The second-order valence-electron chi connectivity index (χ2n) is 3.00. The predicted molar refractivity (Wildman–Crippen MR) is 60.4 cm³/mol. The SMILES string of the molecule is O=C([O-])[C@H](C[S-])NCCN[C@@H](CS)C(=O)[O-].[O]=[Tc+3]. The summed E-state index contributed by atoms with van der Waals surface area (Å²) in [7, 11) is 0. The van der Waals surface area contributed by atoms with E-state index in [1.165, 1.54) is 0 Å². The first-order valence-electron chi connectivity index (χ1n) is 4.75. The molecular formula is C8H13N2O5S2Tc. The van der Waals surface area contributed by atoms with E-state index in [2.05, 4.69) is 35.9 Å². The molecule has 0 aliphatic carbocycles. The predicted octanol–water partition coefficient (Wildman–Crippen LogP) is -4.24. The summed E-state index contributed by atoms with van der Waals surface area (Å²) in [6.45, 7) is 0.547. The van der Waals surface area contributed by atoms with Gasteiger partial charge in [-0.25, -0.2) is 0 Å². The van der Waals surface area contributed by atoms with Gasteiger partial charge in [-0.2, -0.15) is 18.4 Å². The molecule has 0 aliphatic rings. The van der Waals surface area contributed by atoms with Crippen LogP contribution in [-0.4, -0.2) is 48.6 Å². The standard InChI is InChI=1S/C8H16N2O4S2.O.Tc/c11-7(12)5(3-15)9-1-2-10-6(4-16)8(13)14;;/h5-6,9-10,15-16H,1-4H2,(H,11,12)(H,13,14);;/q;;+3/p-3/t5-,6-;;/m0../s1. The number of carboxylic acid groups (broad SMARTS) is 2. The van der Waals surface area contributed by atoms with Crippen molar-refractivity contribution in [1.29, 1.82) is 0 Å². The van der Waals surface area contributed by atoms with Gasteiger partial charge < -0.3 is 43.1 Å². The molecule has 7 nitrogen and oxygen atoms in total. The number of carbonyl (C=O) groups excluding carboxylic acids is 2. The molecule has 0 aromatic heterocycles. The van der Waals surface area contributed by atoms with Gasteiger partial charge in [-0.3, -0.25) is 0 Å². The van der Waals surface area contributed by atoms with Crippen LogP contribution in [0.25, 0.3) is 0 Å². The summed E-state index contributed by atoms with van der Waals surface area (Å²) >= 11 is 9.32. The van der Waals surface area contributed by atoms with Gasteiger partial charge in [-0.15, -0.1) is 0 Å². The molecule has 0 rings (SSSR count). The second kappa shape index (κ2) is 13.4. The van der Waals surface area contributed by atoms with E-state index in [9.17, 15) is 19.8 Å². The Hall–Kier alpha value is 0.00935. The van der Waals surface area contributed by atoms with Crippen LogP contribution in [0, 0.1) is 0 Å². The fourth-order valence-corrected chi connectivity index (χ4v) is 1.46. The zero-order valence-electron chi connectivity index (χ0n) is 9.26. The molecule has 10 heteroatoms. The molecule has 18 heavy (non-hydrogen) atoms. The van der Waals surface area contributed by atoms with Crippen LogP contribution in [0.2, 0.25) is 0 Å². The van der Waals surface area contributed by atoms with Gasteiger partial charge in [0, 0.05) is 24.9 Å². The number of nitrogens with one attached hydrogen (secondary N) is 2. The molecule has 0 saturated carbocycles. The van der Waals surface area contributed by atoms with Gasteiger partial charge in [0.15, 0.2) is 0 Å². The Labute approximate surface area is 126 Å². The van der Waals surface area contributed by atoms with E-state index in [0.29, 0.717) is 0 Å². The first-order chi connectivity index (χ1) is 8.52. The Morgan fingerprint density at radius 2 is 1.50 bits per heavy atom. The molecule has 2 N–H and O–H groups in total. The van der Waals surface area contributed by atoms with Crippen LogP contribution in [0.15, 0.2) is 0 Å². The molecule has 0 fully saturated rings. The van der Waals surface area contributed by atoms with Crippen LogP contribution in [0.3, 0.4) is 0 Å². The Kier molecular flexibility index (Phi) is 15.2. The van der Waals surface area contributed by atoms with Crippen molar-refractivity contribution in [3.8, 4) is 0 Å². The van der Waals surface area contributed by atoms with Gasteiger partial charge >= 0.3 is 22.4 Å². The number of rotatable bonds is 9. The molecule has 0 aromatic carbocycles. The molecule has 2 atom stereocenters. The van der Waals surface area contributed by atoms with Crippen LogP contribution in [-0.2, 0) is 44.6 Å². The number of hydrogen-bond acceptors (Lipinski definition) is 9. The van der Waals surface area contributed by atoms with Crippen molar-refractivity contribution in [2.24, 2.45) is 0 Å². The summed E-state index contributed by atoms with van der Waals surface area (Å²) in [6, 6.07) is -1.75. The molecule has 0 saturated heterocycles. The minimum atomic E-state index is -1.26. The van der Waals surface area contributed by atoms with Gasteiger partial charge in [0.05, 0.1) is 18.0 Å². The van der Waals surface area contributed by atoms with Crippen molar-refractivity contribution in [3.63, 3.8) is 0 Å². The Balaban J connectivity index is 0.